The van der Waals surface area contributed by atoms with Crippen molar-refractivity contribution >= 4 is 16.1 Å². The molecule has 0 aromatic carbocycles. The van der Waals surface area contributed by atoms with Crippen molar-refractivity contribution < 1.29 is 13.2 Å². The molecule has 3 N–H and O–H groups in total. The van der Waals surface area contributed by atoms with Crippen LogP contribution < -0.4 is 10.5 Å². The first-order valence-corrected chi connectivity index (χ1v) is 7.80. The van der Waals surface area contributed by atoms with Gasteiger partial charge in [0.25, 0.3) is 10.2 Å². The van der Waals surface area contributed by atoms with Crippen molar-refractivity contribution in [2.75, 3.05) is 13.1 Å². The van der Waals surface area contributed by atoms with E-state index in [1.807, 2.05) is 6.92 Å². The number of nitrogens with one attached hydrogen (secondary N) is 1. The number of piperidine rings is 1. The minimum atomic E-state index is -3.61. The molecule has 0 bridgehead atoms. The molecule has 0 radical (unpaired) electrons. The number of rotatable bonds is 4. The Morgan fingerprint density at radius 3 is 2.17 bits per heavy atom. The lowest BCUT2D eigenvalue weighted by Gasteiger charge is -2.30. The molecule has 1 heterocycles. The Morgan fingerprint density at radius 2 is 1.78 bits per heavy atom. The van der Waals surface area contributed by atoms with Crippen LogP contribution in [0.3, 0.4) is 0 Å². The molecule has 0 spiro atoms. The van der Waals surface area contributed by atoms with Crippen molar-refractivity contribution in [3.8, 4) is 0 Å². The van der Waals surface area contributed by atoms with Crippen molar-refractivity contribution in [1.29, 1.82) is 0 Å². The Balaban J connectivity index is 2.46. The maximum absolute atomic E-state index is 12.0. The first kappa shape index (κ1) is 15.4. The Kier molecular flexibility index (Phi) is 5.12. The zero-order valence-corrected chi connectivity index (χ0v) is 12.0. The zero-order valence-electron chi connectivity index (χ0n) is 11.2. The number of nitrogens with two attached hydrogens (primary N) is 1. The highest BCUT2D eigenvalue weighted by atomic mass is 32.2. The van der Waals surface area contributed by atoms with Gasteiger partial charge in [-0.3, -0.25) is 4.79 Å². The van der Waals surface area contributed by atoms with Crippen molar-refractivity contribution in [2.45, 2.75) is 39.7 Å². The summed E-state index contributed by atoms with van der Waals surface area (Å²) in [4.78, 5) is 12.0. The predicted molar refractivity (Wildman–Crippen MR) is 69.8 cm³/mol. The molecular formula is C11H23N3O3S. The third-order valence-corrected chi connectivity index (χ3v) is 4.64. The van der Waals surface area contributed by atoms with Crippen LogP contribution in [0, 0.1) is 11.8 Å². The smallest absolute Gasteiger partial charge is 0.276 e. The van der Waals surface area contributed by atoms with E-state index >= 15 is 0 Å². The van der Waals surface area contributed by atoms with Gasteiger partial charge < -0.3 is 5.32 Å². The minimum absolute atomic E-state index is 0.0188. The molecule has 0 aliphatic carbocycles. The fourth-order valence-corrected chi connectivity index (χ4v) is 2.60. The Labute approximate surface area is 109 Å². The maximum atomic E-state index is 12.0. The van der Waals surface area contributed by atoms with Crippen molar-refractivity contribution in [3.63, 3.8) is 0 Å². The molecule has 106 valence electrons. The van der Waals surface area contributed by atoms with E-state index < -0.39 is 10.2 Å². The van der Waals surface area contributed by atoms with Crippen molar-refractivity contribution in [1.82, 2.24) is 9.62 Å². The maximum Gasteiger partial charge on any atom is 0.276 e. The minimum Gasteiger partial charge on any atom is -0.353 e. The molecule has 0 aromatic heterocycles. The molecule has 6 nitrogen and oxygen atoms in total. The van der Waals surface area contributed by atoms with E-state index in [4.69, 9.17) is 5.14 Å². The average Bonchev–Trinajstić information content (AvgIpc) is 2.27. The molecule has 1 saturated heterocycles. The lowest BCUT2D eigenvalue weighted by atomic mass is 9.96. The number of amides is 1. The third-order valence-electron chi connectivity index (χ3n) is 3.55. The summed E-state index contributed by atoms with van der Waals surface area (Å²) in [6.07, 6.45) is 1.07. The van der Waals surface area contributed by atoms with E-state index in [-0.39, 0.29) is 17.9 Å². The second kappa shape index (κ2) is 5.99. The van der Waals surface area contributed by atoms with Crippen LogP contribution >= 0.6 is 0 Å². The van der Waals surface area contributed by atoms with E-state index in [1.54, 1.807) is 0 Å². The predicted octanol–water partition coefficient (Wildman–Crippen LogP) is 0.0626. The van der Waals surface area contributed by atoms with Gasteiger partial charge in [0.1, 0.15) is 0 Å². The first-order chi connectivity index (χ1) is 8.21. The highest BCUT2D eigenvalue weighted by molar-refractivity contribution is 7.86. The highest BCUT2D eigenvalue weighted by Gasteiger charge is 2.29. The van der Waals surface area contributed by atoms with Crippen LogP contribution in [0.25, 0.3) is 0 Å². The Morgan fingerprint density at radius 1 is 1.28 bits per heavy atom. The summed E-state index contributed by atoms with van der Waals surface area (Å²) < 4.78 is 23.5. The number of carbonyl (C=O) groups excluding carboxylic acids is 1. The molecular weight excluding hydrogens is 254 g/mol. The first-order valence-electron chi connectivity index (χ1n) is 6.30. The second-order valence-electron chi connectivity index (χ2n) is 5.26. The van der Waals surface area contributed by atoms with Gasteiger partial charge in [-0.25, -0.2) is 5.14 Å². The standard InChI is InChI=1S/C11H23N3O3S/c1-8(2)9(3)13-11(15)10-4-6-14(7-5-10)18(12,16)17/h8-10H,4-7H2,1-3H3,(H,13,15)(H2,12,16,17). The highest BCUT2D eigenvalue weighted by Crippen LogP contribution is 2.19. The van der Waals surface area contributed by atoms with Gasteiger partial charge in [-0.15, -0.1) is 0 Å². The normalized spacial score (nSPS) is 20.9. The van der Waals surface area contributed by atoms with Gasteiger partial charge in [0.2, 0.25) is 5.91 Å². The molecule has 1 rings (SSSR count). The quantitative estimate of drug-likeness (QED) is 0.761. The van der Waals surface area contributed by atoms with E-state index in [0.29, 0.717) is 31.8 Å². The van der Waals surface area contributed by atoms with Crippen LogP contribution in [0.1, 0.15) is 33.6 Å². The van der Waals surface area contributed by atoms with Gasteiger partial charge in [0.15, 0.2) is 0 Å². The summed E-state index contributed by atoms with van der Waals surface area (Å²) in [5.74, 6) is 0.299. The summed E-state index contributed by atoms with van der Waals surface area (Å²) >= 11 is 0. The fourth-order valence-electron chi connectivity index (χ4n) is 1.88. The van der Waals surface area contributed by atoms with E-state index in [2.05, 4.69) is 19.2 Å². The molecule has 1 unspecified atom stereocenters. The van der Waals surface area contributed by atoms with Gasteiger partial charge in [-0.2, -0.15) is 12.7 Å². The lowest BCUT2D eigenvalue weighted by Crippen LogP contribution is -2.47. The van der Waals surface area contributed by atoms with Gasteiger partial charge in [-0.1, -0.05) is 13.8 Å². The molecule has 0 aromatic rings. The number of carbonyl (C=O) groups is 1. The van der Waals surface area contributed by atoms with E-state index in [0.717, 1.165) is 0 Å². The van der Waals surface area contributed by atoms with E-state index in [1.165, 1.54) is 4.31 Å². The molecule has 1 amide bonds. The molecule has 1 aliphatic heterocycles. The molecule has 1 fully saturated rings. The SMILES string of the molecule is CC(C)C(C)NC(=O)C1CCN(S(N)(=O)=O)CC1. The number of nitrogens with zero attached hydrogens (tertiary/aromatic N) is 1. The third kappa shape index (κ3) is 4.22. The fraction of sp³-hybridized carbons (Fsp3) is 0.909. The Bertz CT molecular complexity index is 386. The largest absolute Gasteiger partial charge is 0.353 e. The molecule has 0 saturated carbocycles. The van der Waals surface area contributed by atoms with Crippen LogP contribution in [-0.2, 0) is 15.0 Å². The summed E-state index contributed by atoms with van der Waals surface area (Å²) in [7, 11) is -3.61. The van der Waals surface area contributed by atoms with Crippen LogP contribution in [-0.4, -0.2) is 37.8 Å². The molecule has 1 atom stereocenters. The van der Waals surface area contributed by atoms with Gasteiger partial charge in [-0.05, 0) is 25.7 Å². The number of hydrogen-bond donors (Lipinski definition) is 2. The summed E-state index contributed by atoms with van der Waals surface area (Å²) in [6.45, 7) is 6.73. The Hall–Kier alpha value is -0.660. The average molecular weight is 277 g/mol. The van der Waals surface area contributed by atoms with Gasteiger partial charge in [0.05, 0.1) is 0 Å². The summed E-state index contributed by atoms with van der Waals surface area (Å²) in [5.41, 5.74) is 0. The van der Waals surface area contributed by atoms with Crippen molar-refractivity contribution in [3.05, 3.63) is 0 Å². The van der Waals surface area contributed by atoms with Gasteiger partial charge >= 0.3 is 0 Å². The van der Waals surface area contributed by atoms with E-state index in [9.17, 15) is 13.2 Å². The lowest BCUT2D eigenvalue weighted by molar-refractivity contribution is -0.127. The summed E-state index contributed by atoms with van der Waals surface area (Å²) in [6, 6.07) is 0.133. The number of hydrogen-bond acceptors (Lipinski definition) is 3. The monoisotopic (exact) mass is 277 g/mol. The summed E-state index contributed by atoms with van der Waals surface area (Å²) in [5, 5.41) is 8.01. The second-order valence-corrected chi connectivity index (χ2v) is 6.81. The zero-order chi connectivity index (χ0) is 13.9. The van der Waals surface area contributed by atoms with Gasteiger partial charge in [0, 0.05) is 25.0 Å². The van der Waals surface area contributed by atoms with Crippen LogP contribution in [0.15, 0.2) is 0 Å². The van der Waals surface area contributed by atoms with Crippen molar-refractivity contribution in [2.24, 2.45) is 17.0 Å². The van der Waals surface area contributed by atoms with Crippen LogP contribution in [0.5, 0.6) is 0 Å². The molecule has 18 heavy (non-hydrogen) atoms. The molecule has 7 heteroatoms. The van der Waals surface area contributed by atoms with Crippen LogP contribution in [0.4, 0.5) is 0 Å². The topological polar surface area (TPSA) is 92.5 Å². The van der Waals surface area contributed by atoms with Crippen LogP contribution in [0.2, 0.25) is 0 Å². The molecule has 1 aliphatic rings.